The van der Waals surface area contributed by atoms with Crippen molar-refractivity contribution in [2.75, 3.05) is 18.4 Å². The number of morpholine rings is 1. The van der Waals surface area contributed by atoms with Gasteiger partial charge in [-0.05, 0) is 50.2 Å². The fourth-order valence-electron chi connectivity index (χ4n) is 2.79. The Kier molecular flexibility index (Phi) is 4.94. The van der Waals surface area contributed by atoms with Gasteiger partial charge in [-0.1, -0.05) is 0 Å². The highest BCUT2D eigenvalue weighted by atomic mass is 32.2. The monoisotopic (exact) mass is 364 g/mol. The van der Waals surface area contributed by atoms with E-state index in [1.54, 1.807) is 24.3 Å². The molecular weight excluding hydrogens is 344 g/mol. The second-order valence-electron chi connectivity index (χ2n) is 6.04. The lowest BCUT2D eigenvalue weighted by atomic mass is 10.3. The van der Waals surface area contributed by atoms with E-state index in [0.29, 0.717) is 18.8 Å². The molecule has 2 heterocycles. The van der Waals surface area contributed by atoms with Crippen LogP contribution in [0.5, 0.6) is 0 Å². The van der Waals surface area contributed by atoms with Crippen molar-refractivity contribution >= 4 is 21.6 Å². The van der Waals surface area contributed by atoms with Crippen molar-refractivity contribution in [2.24, 2.45) is 0 Å². The van der Waals surface area contributed by atoms with Crippen LogP contribution in [0.15, 0.2) is 52.0 Å². The molecule has 25 heavy (non-hydrogen) atoms. The summed E-state index contributed by atoms with van der Waals surface area (Å²) < 4.78 is 37.6. The molecule has 0 radical (unpaired) electrons. The van der Waals surface area contributed by atoms with Gasteiger partial charge in [0.25, 0.3) is 5.91 Å². The quantitative estimate of drug-likeness (QED) is 0.899. The number of carbonyl (C=O) groups is 1. The molecule has 0 unspecified atom stereocenters. The first-order valence-corrected chi connectivity index (χ1v) is 9.41. The van der Waals surface area contributed by atoms with E-state index in [1.165, 1.54) is 22.7 Å². The molecule has 2 atom stereocenters. The Morgan fingerprint density at radius 3 is 2.32 bits per heavy atom. The average molecular weight is 364 g/mol. The van der Waals surface area contributed by atoms with Crippen LogP contribution in [-0.4, -0.2) is 43.9 Å². The maximum atomic E-state index is 12.8. The molecular formula is C17H20N2O5S. The molecule has 1 saturated heterocycles. The Morgan fingerprint density at radius 2 is 1.76 bits per heavy atom. The molecule has 1 N–H and O–H groups in total. The highest BCUT2D eigenvalue weighted by Crippen LogP contribution is 2.22. The van der Waals surface area contributed by atoms with Crippen molar-refractivity contribution in [3.8, 4) is 0 Å². The lowest BCUT2D eigenvalue weighted by molar-refractivity contribution is -0.0440. The summed E-state index contributed by atoms with van der Waals surface area (Å²) in [6, 6.07) is 9.25. The highest BCUT2D eigenvalue weighted by Gasteiger charge is 2.32. The fraction of sp³-hybridized carbons (Fsp3) is 0.353. The summed E-state index contributed by atoms with van der Waals surface area (Å²) in [5.41, 5.74) is 0.490. The molecule has 1 amide bonds. The smallest absolute Gasteiger partial charge is 0.291 e. The molecule has 1 aromatic heterocycles. The number of nitrogens with one attached hydrogen (secondary N) is 1. The Bertz CT molecular complexity index is 820. The topological polar surface area (TPSA) is 88.9 Å². The van der Waals surface area contributed by atoms with E-state index in [0.717, 1.165) is 0 Å². The minimum Gasteiger partial charge on any atom is -0.459 e. The molecule has 0 aliphatic carbocycles. The van der Waals surface area contributed by atoms with E-state index in [4.69, 9.17) is 9.15 Å². The number of hydrogen-bond acceptors (Lipinski definition) is 5. The van der Waals surface area contributed by atoms with Crippen LogP contribution in [0.2, 0.25) is 0 Å². The Labute approximate surface area is 146 Å². The van der Waals surface area contributed by atoms with Gasteiger partial charge in [-0.15, -0.1) is 0 Å². The number of ether oxygens (including phenoxy) is 1. The minimum atomic E-state index is -3.59. The predicted octanol–water partition coefficient (Wildman–Crippen LogP) is 2.33. The summed E-state index contributed by atoms with van der Waals surface area (Å²) >= 11 is 0. The van der Waals surface area contributed by atoms with Crippen LogP contribution in [-0.2, 0) is 14.8 Å². The largest absolute Gasteiger partial charge is 0.459 e. The third kappa shape index (κ3) is 3.92. The maximum Gasteiger partial charge on any atom is 0.291 e. The van der Waals surface area contributed by atoms with Crippen molar-refractivity contribution in [3.63, 3.8) is 0 Å². The Morgan fingerprint density at radius 1 is 1.12 bits per heavy atom. The van der Waals surface area contributed by atoms with Crippen molar-refractivity contribution in [1.82, 2.24) is 4.31 Å². The van der Waals surface area contributed by atoms with Crippen LogP contribution >= 0.6 is 0 Å². The zero-order valence-electron chi connectivity index (χ0n) is 14.0. The molecule has 0 spiro atoms. The number of amides is 1. The van der Waals surface area contributed by atoms with E-state index in [1.807, 2.05) is 13.8 Å². The minimum absolute atomic E-state index is 0.148. The summed E-state index contributed by atoms with van der Waals surface area (Å²) in [5.74, 6) is -0.204. The number of carbonyl (C=O) groups excluding carboxylic acids is 1. The predicted molar refractivity (Wildman–Crippen MR) is 91.9 cm³/mol. The summed E-state index contributed by atoms with van der Waals surface area (Å²) in [6.45, 7) is 4.35. The Hall–Kier alpha value is -2.16. The normalized spacial score (nSPS) is 21.8. The van der Waals surface area contributed by atoms with Gasteiger partial charge in [-0.3, -0.25) is 4.79 Å². The van der Waals surface area contributed by atoms with Gasteiger partial charge in [0.1, 0.15) is 0 Å². The van der Waals surface area contributed by atoms with Crippen LogP contribution in [0.1, 0.15) is 24.4 Å². The third-order valence-corrected chi connectivity index (χ3v) is 5.73. The third-order valence-electron chi connectivity index (χ3n) is 3.88. The van der Waals surface area contributed by atoms with Crippen LogP contribution in [0.25, 0.3) is 0 Å². The Balaban J connectivity index is 1.74. The van der Waals surface area contributed by atoms with Gasteiger partial charge in [0.15, 0.2) is 5.76 Å². The van der Waals surface area contributed by atoms with Crippen molar-refractivity contribution in [1.29, 1.82) is 0 Å². The summed E-state index contributed by atoms with van der Waals surface area (Å²) in [7, 11) is -3.59. The van der Waals surface area contributed by atoms with Crippen LogP contribution in [0.3, 0.4) is 0 Å². The van der Waals surface area contributed by atoms with Crippen LogP contribution in [0.4, 0.5) is 5.69 Å². The molecule has 1 aliphatic heterocycles. The van der Waals surface area contributed by atoms with Crippen LogP contribution < -0.4 is 5.32 Å². The van der Waals surface area contributed by atoms with Gasteiger partial charge in [-0.25, -0.2) is 8.42 Å². The molecule has 2 aromatic rings. The molecule has 3 rings (SSSR count). The van der Waals surface area contributed by atoms with E-state index in [2.05, 4.69) is 5.32 Å². The SMILES string of the molecule is C[C@@H]1CN(S(=O)(=O)c2ccc(NC(=O)c3ccco3)cc2)C[C@H](C)O1. The average Bonchev–Trinajstić information content (AvgIpc) is 3.09. The number of nitrogens with zero attached hydrogens (tertiary/aromatic N) is 1. The first-order chi connectivity index (χ1) is 11.9. The second-order valence-corrected chi connectivity index (χ2v) is 7.97. The summed E-state index contributed by atoms with van der Waals surface area (Å²) in [6.07, 6.45) is 1.12. The summed E-state index contributed by atoms with van der Waals surface area (Å²) in [4.78, 5) is 12.1. The van der Waals surface area contributed by atoms with Gasteiger partial charge < -0.3 is 14.5 Å². The van der Waals surface area contributed by atoms with Gasteiger partial charge >= 0.3 is 0 Å². The van der Waals surface area contributed by atoms with Gasteiger partial charge in [0.2, 0.25) is 10.0 Å². The van der Waals surface area contributed by atoms with Crippen molar-refractivity contribution < 1.29 is 22.4 Å². The van der Waals surface area contributed by atoms with E-state index in [9.17, 15) is 13.2 Å². The lowest BCUT2D eigenvalue weighted by Crippen LogP contribution is -2.48. The zero-order valence-corrected chi connectivity index (χ0v) is 14.8. The highest BCUT2D eigenvalue weighted by molar-refractivity contribution is 7.89. The summed E-state index contributed by atoms with van der Waals surface area (Å²) in [5, 5.41) is 2.66. The van der Waals surface area contributed by atoms with Crippen molar-refractivity contribution in [3.05, 3.63) is 48.4 Å². The van der Waals surface area contributed by atoms with E-state index in [-0.39, 0.29) is 22.9 Å². The zero-order chi connectivity index (χ0) is 18.0. The molecule has 7 nitrogen and oxygen atoms in total. The molecule has 1 aromatic carbocycles. The molecule has 8 heteroatoms. The van der Waals surface area contributed by atoms with Gasteiger partial charge in [-0.2, -0.15) is 4.31 Å². The fourth-order valence-corrected chi connectivity index (χ4v) is 4.38. The standard InChI is InChI=1S/C17H20N2O5S/c1-12-10-19(11-13(2)24-12)25(21,22)15-7-5-14(6-8-15)18-17(20)16-4-3-9-23-16/h3-9,12-13H,10-11H2,1-2H3,(H,18,20)/t12-,13+. The molecule has 134 valence electrons. The number of anilines is 1. The van der Waals surface area contributed by atoms with Crippen molar-refractivity contribution in [2.45, 2.75) is 31.0 Å². The molecule has 1 fully saturated rings. The number of benzene rings is 1. The van der Waals surface area contributed by atoms with Gasteiger partial charge in [0.05, 0.1) is 23.4 Å². The number of rotatable bonds is 4. The number of hydrogen-bond donors (Lipinski definition) is 1. The molecule has 1 aliphatic rings. The maximum absolute atomic E-state index is 12.8. The molecule has 0 saturated carbocycles. The lowest BCUT2D eigenvalue weighted by Gasteiger charge is -2.34. The number of sulfonamides is 1. The second kappa shape index (κ2) is 6.99. The van der Waals surface area contributed by atoms with E-state index >= 15 is 0 Å². The van der Waals surface area contributed by atoms with E-state index < -0.39 is 15.9 Å². The van der Waals surface area contributed by atoms with Gasteiger partial charge in [0, 0.05) is 18.8 Å². The number of furan rings is 1. The molecule has 0 bridgehead atoms. The first-order valence-electron chi connectivity index (χ1n) is 7.97. The van der Waals surface area contributed by atoms with Crippen LogP contribution in [0, 0.1) is 0 Å². The first kappa shape index (κ1) is 17.7.